The molecule has 1 unspecified atom stereocenters. The van der Waals surface area contributed by atoms with Crippen LogP contribution in [0, 0.1) is 5.82 Å². The second-order valence-electron chi connectivity index (χ2n) is 7.74. The Balaban J connectivity index is 1.66. The average molecular weight is 464 g/mol. The van der Waals surface area contributed by atoms with Gasteiger partial charge in [0.15, 0.2) is 11.4 Å². The molecule has 2 amide bonds. The lowest BCUT2D eigenvalue weighted by molar-refractivity contribution is 0.0225. The lowest BCUT2D eigenvalue weighted by Crippen LogP contribution is -2.61. The summed E-state index contributed by atoms with van der Waals surface area (Å²) in [6, 6.07) is 5.41. The molecule has 2 aromatic rings. The van der Waals surface area contributed by atoms with Crippen LogP contribution in [0.3, 0.4) is 0 Å². The first kappa shape index (κ1) is 22.0. The fourth-order valence-electron chi connectivity index (χ4n) is 4.04. The summed E-state index contributed by atoms with van der Waals surface area (Å²) in [7, 11) is -3.61. The molecule has 4 rings (SSSR count). The van der Waals surface area contributed by atoms with E-state index in [2.05, 4.69) is 5.32 Å². The number of halogens is 1. The Kier molecular flexibility index (Phi) is 5.51. The number of hydrogen-bond acceptors (Lipinski definition) is 6. The van der Waals surface area contributed by atoms with Crippen LogP contribution in [-0.4, -0.2) is 64.6 Å². The molecule has 1 atom stereocenters. The molecule has 0 saturated carbocycles. The van der Waals surface area contributed by atoms with E-state index in [4.69, 9.17) is 0 Å². The van der Waals surface area contributed by atoms with Crippen LogP contribution in [0.25, 0.3) is 0 Å². The Morgan fingerprint density at radius 1 is 1.22 bits per heavy atom. The number of hydrogen-bond donors (Lipinski definition) is 2. The summed E-state index contributed by atoms with van der Waals surface area (Å²) in [5.74, 6) is -2.76. The van der Waals surface area contributed by atoms with Gasteiger partial charge in [0.25, 0.3) is 11.8 Å². The van der Waals surface area contributed by atoms with Crippen LogP contribution in [0.1, 0.15) is 32.8 Å². The van der Waals surface area contributed by atoms with Crippen molar-refractivity contribution in [3.8, 4) is 5.75 Å². The minimum atomic E-state index is -3.61. The molecule has 2 aliphatic heterocycles. The van der Waals surface area contributed by atoms with E-state index in [-0.39, 0.29) is 31.9 Å². The number of pyridine rings is 1. The van der Waals surface area contributed by atoms with Gasteiger partial charge in [-0.1, -0.05) is 12.1 Å². The maximum Gasteiger partial charge on any atom is 0.275 e. The lowest BCUT2D eigenvalue weighted by Gasteiger charge is -2.45. The van der Waals surface area contributed by atoms with Gasteiger partial charge >= 0.3 is 0 Å². The van der Waals surface area contributed by atoms with Crippen molar-refractivity contribution < 1.29 is 27.5 Å². The standard InChI is InChI=1S/C20H21FN4O6S/c1-32(30,31)25-8-2-7-24-15(25)11-23-10-14(17(26)18(27)16(23)20(24)29)19(28)22-9-12-3-5-13(21)6-4-12/h3-6,10,15,27H,2,7-9,11H2,1H3,(H,22,28). The topological polar surface area (TPSA) is 129 Å². The number of benzene rings is 1. The highest BCUT2D eigenvalue weighted by molar-refractivity contribution is 7.88. The van der Waals surface area contributed by atoms with Gasteiger partial charge in [-0.25, -0.2) is 12.8 Å². The molecule has 10 nitrogen and oxygen atoms in total. The number of sulfonamides is 1. The van der Waals surface area contributed by atoms with Crippen LogP contribution < -0.4 is 10.7 Å². The molecule has 3 heterocycles. The van der Waals surface area contributed by atoms with Crippen molar-refractivity contribution >= 4 is 21.8 Å². The molecule has 0 aliphatic carbocycles. The summed E-state index contributed by atoms with van der Waals surface area (Å²) in [5.41, 5.74) is -1.08. The van der Waals surface area contributed by atoms with Crippen LogP contribution in [-0.2, 0) is 23.1 Å². The summed E-state index contributed by atoms with van der Waals surface area (Å²) < 4.78 is 39.8. The van der Waals surface area contributed by atoms with Crippen LogP contribution in [0.15, 0.2) is 35.3 Å². The summed E-state index contributed by atoms with van der Waals surface area (Å²) in [6.45, 7) is 0.487. The fraction of sp³-hybridized carbons (Fsp3) is 0.350. The summed E-state index contributed by atoms with van der Waals surface area (Å²) in [5, 5.41) is 13.0. The molecule has 1 aromatic carbocycles. The number of carbonyl (C=O) groups excluding carboxylic acids is 2. The van der Waals surface area contributed by atoms with E-state index >= 15 is 0 Å². The first-order valence-corrected chi connectivity index (χ1v) is 11.7. The Morgan fingerprint density at radius 2 is 1.91 bits per heavy atom. The van der Waals surface area contributed by atoms with Crippen LogP contribution >= 0.6 is 0 Å². The van der Waals surface area contributed by atoms with E-state index < -0.39 is 50.6 Å². The van der Waals surface area contributed by atoms with Crippen molar-refractivity contribution in [2.45, 2.75) is 25.7 Å². The van der Waals surface area contributed by atoms with Gasteiger partial charge < -0.3 is 19.9 Å². The van der Waals surface area contributed by atoms with E-state index in [0.717, 1.165) is 12.5 Å². The van der Waals surface area contributed by atoms with Crippen LogP contribution in [0.4, 0.5) is 4.39 Å². The van der Waals surface area contributed by atoms with E-state index in [0.29, 0.717) is 12.0 Å². The molecule has 12 heteroatoms. The second-order valence-corrected chi connectivity index (χ2v) is 9.67. The zero-order valence-corrected chi connectivity index (χ0v) is 17.9. The molecule has 2 aliphatic rings. The highest BCUT2D eigenvalue weighted by Gasteiger charge is 2.43. The van der Waals surface area contributed by atoms with Crippen molar-refractivity contribution in [2.24, 2.45) is 0 Å². The molecule has 170 valence electrons. The van der Waals surface area contributed by atoms with Gasteiger partial charge in [0.05, 0.1) is 12.8 Å². The van der Waals surface area contributed by atoms with E-state index in [1.165, 1.54) is 38.0 Å². The molecule has 0 bridgehead atoms. The number of nitrogens with zero attached hydrogens (tertiary/aromatic N) is 3. The van der Waals surface area contributed by atoms with Gasteiger partial charge in [-0.3, -0.25) is 14.4 Å². The summed E-state index contributed by atoms with van der Waals surface area (Å²) in [4.78, 5) is 39.5. The molecule has 1 aromatic heterocycles. The van der Waals surface area contributed by atoms with Gasteiger partial charge in [-0.15, -0.1) is 0 Å². The monoisotopic (exact) mass is 464 g/mol. The van der Waals surface area contributed by atoms with Crippen molar-refractivity contribution in [2.75, 3.05) is 19.3 Å². The molecule has 32 heavy (non-hydrogen) atoms. The number of carbonyl (C=O) groups is 2. The third-order valence-corrected chi connectivity index (χ3v) is 6.86. The Bertz CT molecular complexity index is 1260. The van der Waals surface area contributed by atoms with Crippen LogP contribution in [0.2, 0.25) is 0 Å². The van der Waals surface area contributed by atoms with Gasteiger partial charge in [0, 0.05) is 25.8 Å². The first-order chi connectivity index (χ1) is 15.1. The fourth-order valence-corrected chi connectivity index (χ4v) is 5.12. The smallest absolute Gasteiger partial charge is 0.275 e. The first-order valence-electron chi connectivity index (χ1n) is 9.85. The quantitative estimate of drug-likeness (QED) is 0.659. The van der Waals surface area contributed by atoms with E-state index in [1.54, 1.807) is 0 Å². The highest BCUT2D eigenvalue weighted by Crippen LogP contribution is 2.29. The SMILES string of the molecule is CS(=O)(=O)N1CCCN2C(=O)c3c(O)c(=O)c(C(=O)NCc4ccc(F)cc4)cn3CC21. The molecule has 1 fully saturated rings. The largest absolute Gasteiger partial charge is 0.503 e. The highest BCUT2D eigenvalue weighted by atomic mass is 32.2. The molecular weight excluding hydrogens is 443 g/mol. The predicted molar refractivity (Wildman–Crippen MR) is 111 cm³/mol. The Morgan fingerprint density at radius 3 is 2.56 bits per heavy atom. The van der Waals surface area contributed by atoms with Gasteiger partial charge in [-0.2, -0.15) is 4.31 Å². The number of aromatic hydroxyl groups is 1. The normalized spacial score (nSPS) is 18.8. The molecule has 0 radical (unpaired) electrons. The summed E-state index contributed by atoms with van der Waals surface area (Å²) >= 11 is 0. The van der Waals surface area contributed by atoms with E-state index in [9.17, 15) is 32.3 Å². The summed E-state index contributed by atoms with van der Waals surface area (Å²) in [6.07, 6.45) is 1.80. The number of aromatic nitrogens is 1. The minimum absolute atomic E-state index is 0.0122. The number of fused-ring (bicyclic) bond motifs is 2. The molecule has 1 saturated heterocycles. The zero-order valence-electron chi connectivity index (χ0n) is 17.1. The third-order valence-electron chi connectivity index (χ3n) is 5.59. The predicted octanol–water partition coefficient (Wildman–Crippen LogP) is 0.0702. The zero-order chi connectivity index (χ0) is 23.2. The minimum Gasteiger partial charge on any atom is -0.503 e. The van der Waals surface area contributed by atoms with Crippen molar-refractivity contribution in [3.05, 3.63) is 63.3 Å². The number of nitrogens with one attached hydrogen (secondary N) is 1. The van der Waals surface area contributed by atoms with Crippen LogP contribution in [0.5, 0.6) is 5.75 Å². The van der Waals surface area contributed by atoms with Crippen molar-refractivity contribution in [1.82, 2.24) is 19.1 Å². The second kappa shape index (κ2) is 8.02. The maximum absolute atomic E-state index is 13.0. The third kappa shape index (κ3) is 3.86. The molecular formula is C20H21FN4O6S. The van der Waals surface area contributed by atoms with Gasteiger partial charge in [-0.05, 0) is 24.1 Å². The number of amides is 2. The van der Waals surface area contributed by atoms with Gasteiger partial charge in [0.1, 0.15) is 17.5 Å². The number of rotatable bonds is 4. The van der Waals surface area contributed by atoms with E-state index in [1.807, 2.05) is 0 Å². The van der Waals surface area contributed by atoms with Gasteiger partial charge in [0.2, 0.25) is 15.5 Å². The lowest BCUT2D eigenvalue weighted by atomic mass is 10.1. The molecule has 0 spiro atoms. The Labute approximate surface area is 182 Å². The molecule has 2 N–H and O–H groups in total. The Hall–Kier alpha value is -3.25. The maximum atomic E-state index is 13.0. The van der Waals surface area contributed by atoms with Crippen molar-refractivity contribution in [3.63, 3.8) is 0 Å². The average Bonchev–Trinajstić information content (AvgIpc) is 2.74. The van der Waals surface area contributed by atoms with Crippen molar-refractivity contribution in [1.29, 1.82) is 0 Å².